The largest absolute Gasteiger partial charge is 0.398 e. The summed E-state index contributed by atoms with van der Waals surface area (Å²) in [4.78, 5) is 1.82. The van der Waals surface area contributed by atoms with Crippen LogP contribution in [0.2, 0.25) is 0 Å². The average molecular weight is 393 g/mol. The number of rotatable bonds is 3. The van der Waals surface area contributed by atoms with Gasteiger partial charge in [-0.1, -0.05) is 22.4 Å². The van der Waals surface area contributed by atoms with Crippen LogP contribution in [0.1, 0.15) is 39.0 Å². The van der Waals surface area contributed by atoms with Crippen LogP contribution in [0.25, 0.3) is 0 Å². The van der Waals surface area contributed by atoms with Crippen molar-refractivity contribution in [2.75, 3.05) is 12.8 Å². The molecule has 0 saturated heterocycles. The molecule has 0 heterocycles. The first-order valence-corrected chi connectivity index (χ1v) is 8.05. The van der Waals surface area contributed by atoms with Crippen LogP contribution >= 0.6 is 31.9 Å². The lowest BCUT2D eigenvalue weighted by atomic mass is 9.90. The minimum absolute atomic E-state index is 0.0695. The van der Waals surface area contributed by atoms with Gasteiger partial charge in [0, 0.05) is 16.9 Å². The van der Waals surface area contributed by atoms with Gasteiger partial charge in [0.05, 0.1) is 5.69 Å². The first kappa shape index (κ1) is 13.9. The quantitative estimate of drug-likeness (QED) is 0.606. The third-order valence-electron chi connectivity index (χ3n) is 3.78. The summed E-state index contributed by atoms with van der Waals surface area (Å²) >= 11 is 6.89. The van der Waals surface area contributed by atoms with Gasteiger partial charge in [-0.3, -0.25) is 4.90 Å². The van der Waals surface area contributed by atoms with Crippen molar-refractivity contribution < 1.29 is 6.48 Å². The van der Waals surface area contributed by atoms with Gasteiger partial charge in [0.15, 0.2) is 0 Å². The Morgan fingerprint density at radius 3 is 2.68 bits per heavy atom. The van der Waals surface area contributed by atoms with Crippen LogP contribution in [0.4, 0.5) is 5.69 Å². The molecule has 1 fully saturated rings. The van der Waals surface area contributed by atoms with Crippen molar-refractivity contribution in [1.29, 1.82) is 0 Å². The number of nitrogen functional groups attached to an aromatic ring is 1. The zero-order chi connectivity index (χ0) is 14.8. The van der Waals surface area contributed by atoms with Crippen molar-refractivity contribution in [3.05, 3.63) is 26.6 Å². The van der Waals surface area contributed by atoms with Crippen LogP contribution in [0, 0.1) is 0 Å². The van der Waals surface area contributed by atoms with E-state index in [4.69, 9.17) is 7.10 Å². The van der Waals surface area contributed by atoms with E-state index in [0.29, 0.717) is 12.2 Å². The molecule has 0 aromatic heterocycles. The van der Waals surface area contributed by atoms with Crippen LogP contribution in [-0.2, 0) is 6.54 Å². The van der Waals surface area contributed by atoms with Gasteiger partial charge >= 0.3 is 0 Å². The summed E-state index contributed by atoms with van der Waals surface area (Å²) in [6, 6.07) is 3.86. The molecule has 106 valence electrons. The molecule has 0 radical (unpaired) electrons. The molecule has 1 aliphatic carbocycles. The second-order valence-electron chi connectivity index (χ2n) is 5.20. The number of hydrogen-bond donors (Lipinski definition) is 2. The summed E-state index contributed by atoms with van der Waals surface area (Å²) in [7, 11) is 0.0695. The molecular formula is C14H20Br2N2O. The van der Waals surface area contributed by atoms with E-state index in [1.807, 2.05) is 17.0 Å². The fourth-order valence-corrected chi connectivity index (χ4v) is 3.87. The molecule has 5 heteroatoms. The normalized spacial score (nSPS) is 19.5. The third kappa shape index (κ3) is 3.51. The number of halogens is 2. The van der Waals surface area contributed by atoms with Gasteiger partial charge in [0.25, 0.3) is 0 Å². The minimum atomic E-state index is -0.860. The predicted molar refractivity (Wildman–Crippen MR) is 85.8 cm³/mol. The maximum absolute atomic E-state index is 10.8. The molecule has 1 aromatic rings. The summed E-state index contributed by atoms with van der Waals surface area (Å²) in [6.45, 7) is 0.490. The lowest BCUT2D eigenvalue weighted by Gasteiger charge is -2.40. The lowest BCUT2D eigenvalue weighted by Crippen LogP contribution is -2.47. The van der Waals surface area contributed by atoms with Crippen LogP contribution in [-0.4, -0.2) is 22.8 Å². The summed E-state index contributed by atoms with van der Waals surface area (Å²) in [6.07, 6.45) is 4.68. The standard InChI is InChI=1S/C14H20Br2N2O/c1-18(14(19)5-3-2-4-6-14)9-10-7-11(15)8-12(16)13(10)17/h7-8,19H,2-6,9,17H2,1H3/i1D. The Morgan fingerprint density at radius 2 is 2.05 bits per heavy atom. The second kappa shape index (κ2) is 6.12. The van der Waals surface area contributed by atoms with Crippen molar-refractivity contribution >= 4 is 37.5 Å². The molecule has 1 saturated carbocycles. The van der Waals surface area contributed by atoms with E-state index in [1.165, 1.54) is 6.42 Å². The van der Waals surface area contributed by atoms with E-state index >= 15 is 0 Å². The Morgan fingerprint density at radius 1 is 1.37 bits per heavy atom. The minimum Gasteiger partial charge on any atom is -0.398 e. The lowest BCUT2D eigenvalue weighted by molar-refractivity contribution is -0.124. The molecule has 1 aromatic carbocycles. The van der Waals surface area contributed by atoms with Gasteiger partial charge < -0.3 is 10.8 Å². The summed E-state index contributed by atoms with van der Waals surface area (Å²) in [5.74, 6) is 0. The van der Waals surface area contributed by atoms with Crippen LogP contribution in [0.3, 0.4) is 0 Å². The molecule has 0 bridgehead atoms. The van der Waals surface area contributed by atoms with E-state index in [1.54, 1.807) is 0 Å². The maximum atomic E-state index is 10.8. The van der Waals surface area contributed by atoms with Crippen LogP contribution in [0.15, 0.2) is 21.1 Å². The molecule has 19 heavy (non-hydrogen) atoms. The molecule has 0 spiro atoms. The van der Waals surface area contributed by atoms with Gasteiger partial charge in [-0.25, -0.2) is 0 Å². The van der Waals surface area contributed by atoms with E-state index < -0.39 is 5.72 Å². The molecule has 0 aliphatic heterocycles. The van der Waals surface area contributed by atoms with E-state index in [2.05, 4.69) is 31.9 Å². The number of aliphatic hydroxyl groups is 1. The van der Waals surface area contributed by atoms with Gasteiger partial charge in [-0.05, 0) is 66.3 Å². The highest BCUT2D eigenvalue weighted by Crippen LogP contribution is 2.34. The van der Waals surface area contributed by atoms with E-state index in [0.717, 1.165) is 40.2 Å². The van der Waals surface area contributed by atoms with Crippen molar-refractivity contribution in [1.82, 2.24) is 4.90 Å². The monoisotopic (exact) mass is 391 g/mol. The van der Waals surface area contributed by atoms with E-state index in [-0.39, 0.29) is 7.02 Å². The second-order valence-corrected chi connectivity index (χ2v) is 6.97. The van der Waals surface area contributed by atoms with Crippen molar-refractivity contribution in [2.24, 2.45) is 0 Å². The van der Waals surface area contributed by atoms with Crippen molar-refractivity contribution in [2.45, 2.75) is 44.4 Å². The number of anilines is 1. The Kier molecular flexibility index (Phi) is 4.47. The molecule has 3 N–H and O–H groups in total. The number of nitrogens with zero attached hydrogens (tertiary/aromatic N) is 1. The Hall–Kier alpha value is -0.100. The highest BCUT2D eigenvalue weighted by Gasteiger charge is 2.33. The molecule has 0 amide bonds. The van der Waals surface area contributed by atoms with Gasteiger partial charge in [-0.2, -0.15) is 0 Å². The zero-order valence-corrected chi connectivity index (χ0v) is 14.0. The van der Waals surface area contributed by atoms with Gasteiger partial charge in [0.1, 0.15) is 5.72 Å². The average Bonchev–Trinajstić information content (AvgIpc) is 2.41. The van der Waals surface area contributed by atoms with Gasteiger partial charge in [-0.15, -0.1) is 0 Å². The fraction of sp³-hybridized carbons (Fsp3) is 0.571. The molecular weight excluding hydrogens is 372 g/mol. The molecule has 0 unspecified atom stereocenters. The van der Waals surface area contributed by atoms with Crippen LogP contribution in [0.5, 0.6) is 0 Å². The molecule has 1 aliphatic rings. The highest BCUT2D eigenvalue weighted by atomic mass is 79.9. The number of nitrogens with two attached hydrogens (primary N) is 1. The number of hydrogen-bond acceptors (Lipinski definition) is 3. The topological polar surface area (TPSA) is 49.5 Å². The smallest absolute Gasteiger partial charge is 0.118 e. The van der Waals surface area contributed by atoms with Crippen molar-refractivity contribution in [3.8, 4) is 0 Å². The third-order valence-corrected chi connectivity index (χ3v) is 4.90. The Bertz CT molecular complexity index is 478. The first-order valence-electron chi connectivity index (χ1n) is 7.17. The molecule has 2 rings (SSSR count). The molecule has 0 atom stereocenters. The zero-order valence-electron chi connectivity index (χ0n) is 11.8. The highest BCUT2D eigenvalue weighted by molar-refractivity contribution is 9.11. The summed E-state index contributed by atoms with van der Waals surface area (Å²) in [5.41, 5.74) is 6.83. The summed E-state index contributed by atoms with van der Waals surface area (Å²) < 4.78 is 9.52. The van der Waals surface area contributed by atoms with Gasteiger partial charge in [0.2, 0.25) is 0 Å². The Balaban J connectivity index is 2.22. The van der Waals surface area contributed by atoms with E-state index in [9.17, 15) is 5.11 Å². The fourth-order valence-electron chi connectivity index (χ4n) is 2.56. The predicted octanol–water partition coefficient (Wildman–Crippen LogP) is 3.88. The number of benzene rings is 1. The van der Waals surface area contributed by atoms with Crippen LogP contribution < -0.4 is 5.73 Å². The first-order chi connectivity index (χ1) is 9.46. The summed E-state index contributed by atoms with van der Waals surface area (Å²) in [5, 5.41) is 10.8. The SMILES string of the molecule is [2H]CN(Cc1cc(Br)cc(Br)c1N)C1(O)CCCCC1. The molecule has 3 nitrogen and oxygen atoms in total. The maximum Gasteiger partial charge on any atom is 0.118 e. The Labute approximate surface area is 132 Å². The van der Waals surface area contributed by atoms with Crippen molar-refractivity contribution in [3.63, 3.8) is 0 Å².